The summed E-state index contributed by atoms with van der Waals surface area (Å²) in [6.45, 7) is 12.3. The monoisotopic (exact) mass is 426 g/mol. The molecule has 0 saturated heterocycles. The number of carbonyl (C=O) groups is 1. The molecule has 6 nitrogen and oxygen atoms in total. The molecule has 1 heterocycles. The van der Waals surface area contributed by atoms with Crippen LogP contribution < -0.4 is 10.1 Å². The van der Waals surface area contributed by atoms with Gasteiger partial charge in [-0.2, -0.15) is 10.4 Å². The molecule has 3 rings (SSSR count). The van der Waals surface area contributed by atoms with Gasteiger partial charge < -0.3 is 10.1 Å². The molecule has 1 aliphatic rings. The van der Waals surface area contributed by atoms with Crippen LogP contribution in [0.25, 0.3) is 0 Å². The quantitative estimate of drug-likeness (QED) is 0.746. The number of rotatable bonds is 5. The molecule has 30 heavy (non-hydrogen) atoms. The lowest BCUT2D eigenvalue weighted by atomic mass is 9.49. The lowest BCUT2D eigenvalue weighted by Crippen LogP contribution is -2.74. The van der Waals surface area contributed by atoms with Crippen molar-refractivity contribution < 1.29 is 9.53 Å². The molecule has 1 amide bonds. The molecule has 1 aromatic heterocycles. The molecule has 1 aromatic carbocycles. The van der Waals surface area contributed by atoms with E-state index in [-0.39, 0.29) is 34.8 Å². The van der Waals surface area contributed by atoms with E-state index in [2.05, 4.69) is 43.2 Å². The summed E-state index contributed by atoms with van der Waals surface area (Å²) in [5.74, 6) is 0.613. The summed E-state index contributed by atoms with van der Waals surface area (Å²) in [7, 11) is 0. The van der Waals surface area contributed by atoms with Crippen molar-refractivity contribution in [3.8, 4) is 11.8 Å². The fourth-order valence-electron chi connectivity index (χ4n) is 4.57. The Balaban J connectivity index is 1.74. The van der Waals surface area contributed by atoms with Crippen molar-refractivity contribution in [1.82, 2.24) is 15.5 Å². The van der Waals surface area contributed by atoms with Crippen molar-refractivity contribution in [1.29, 1.82) is 5.26 Å². The number of benzene rings is 1. The van der Waals surface area contributed by atoms with Crippen LogP contribution in [0.15, 0.2) is 30.3 Å². The molecule has 7 heteroatoms. The lowest BCUT2D eigenvalue weighted by molar-refractivity contribution is -0.164. The summed E-state index contributed by atoms with van der Waals surface area (Å²) >= 11 is 6.14. The summed E-state index contributed by atoms with van der Waals surface area (Å²) in [5, 5.41) is 20.8. The Kier molecular flexibility index (Phi) is 5.79. The van der Waals surface area contributed by atoms with Gasteiger partial charge in [-0.25, -0.2) is 0 Å². The van der Waals surface area contributed by atoms with E-state index in [9.17, 15) is 4.79 Å². The third kappa shape index (κ3) is 3.87. The first-order valence-corrected chi connectivity index (χ1v) is 10.4. The number of ether oxygens (including phenoxy) is 1. The van der Waals surface area contributed by atoms with Gasteiger partial charge in [0.05, 0.1) is 16.3 Å². The smallest absolute Gasteiger partial charge is 0.272 e. The number of carbonyl (C=O) groups excluding carboxylic acids is 1. The Hall–Kier alpha value is -2.65. The van der Waals surface area contributed by atoms with Gasteiger partial charge in [0.2, 0.25) is 0 Å². The summed E-state index contributed by atoms with van der Waals surface area (Å²) in [4.78, 5) is 12.8. The average molecular weight is 427 g/mol. The molecule has 0 aliphatic heterocycles. The normalized spacial score (nSPS) is 21.4. The molecule has 0 spiro atoms. The molecule has 0 bridgehead atoms. The fraction of sp³-hybridized carbons (Fsp3) is 0.478. The summed E-state index contributed by atoms with van der Waals surface area (Å²) in [6.07, 6.45) is -0.159. The van der Waals surface area contributed by atoms with Crippen LogP contribution in [0.1, 0.15) is 69.2 Å². The van der Waals surface area contributed by atoms with E-state index in [0.717, 1.165) is 5.69 Å². The van der Waals surface area contributed by atoms with Crippen LogP contribution in [-0.2, 0) is 0 Å². The van der Waals surface area contributed by atoms with Crippen LogP contribution in [0.5, 0.6) is 5.75 Å². The van der Waals surface area contributed by atoms with Crippen LogP contribution >= 0.6 is 11.6 Å². The lowest BCUT2D eigenvalue weighted by Gasteiger charge is -2.63. The van der Waals surface area contributed by atoms with Gasteiger partial charge in [-0.15, -0.1) is 5.10 Å². The maximum atomic E-state index is 12.8. The van der Waals surface area contributed by atoms with Crippen molar-refractivity contribution >= 4 is 17.5 Å². The molecule has 1 saturated carbocycles. The maximum Gasteiger partial charge on any atom is 0.272 e. The SMILES string of the molecule is CC(C)c1ccc(C(=O)NC2C(C)(C)C(Oc3ccc(C#N)c(Cl)c3)C2(C)C)nn1. The predicted molar refractivity (Wildman–Crippen MR) is 116 cm³/mol. The van der Waals surface area contributed by atoms with Crippen LogP contribution in [0, 0.1) is 22.2 Å². The Morgan fingerprint density at radius 3 is 2.33 bits per heavy atom. The van der Waals surface area contributed by atoms with Crippen LogP contribution in [0.3, 0.4) is 0 Å². The molecule has 1 fully saturated rings. The maximum absolute atomic E-state index is 12.8. The van der Waals surface area contributed by atoms with Gasteiger partial charge in [-0.1, -0.05) is 53.1 Å². The number of hydrogen-bond acceptors (Lipinski definition) is 5. The van der Waals surface area contributed by atoms with Gasteiger partial charge in [0, 0.05) is 22.9 Å². The molecule has 1 N–H and O–H groups in total. The largest absolute Gasteiger partial charge is 0.489 e. The van der Waals surface area contributed by atoms with E-state index < -0.39 is 0 Å². The number of nitriles is 1. The molecular formula is C23H27ClN4O2. The van der Waals surface area contributed by atoms with Crippen molar-refractivity contribution in [3.63, 3.8) is 0 Å². The number of nitrogens with zero attached hydrogens (tertiary/aromatic N) is 3. The highest BCUT2D eigenvalue weighted by atomic mass is 35.5. The zero-order valence-electron chi connectivity index (χ0n) is 18.2. The van der Waals surface area contributed by atoms with Gasteiger partial charge >= 0.3 is 0 Å². The van der Waals surface area contributed by atoms with Crippen molar-refractivity contribution in [3.05, 3.63) is 52.3 Å². The summed E-state index contributed by atoms with van der Waals surface area (Å²) in [6, 6.07) is 10.5. The van der Waals surface area contributed by atoms with Gasteiger partial charge in [0.25, 0.3) is 5.91 Å². The van der Waals surface area contributed by atoms with Crippen molar-refractivity contribution in [2.24, 2.45) is 10.8 Å². The van der Waals surface area contributed by atoms with Gasteiger partial charge in [-0.3, -0.25) is 4.79 Å². The van der Waals surface area contributed by atoms with Gasteiger partial charge in [0.1, 0.15) is 17.9 Å². The standard InChI is InChI=1S/C23H27ClN4O2/c1-13(2)17-9-10-18(28-27-17)19(29)26-20-22(3,4)21(23(20,5)6)30-15-8-7-14(12-25)16(24)11-15/h7-11,13,20-21H,1-6H3,(H,26,29). The molecule has 0 radical (unpaired) electrons. The second-order valence-corrected chi connectivity index (χ2v) is 9.71. The van der Waals surface area contributed by atoms with Crippen molar-refractivity contribution in [2.45, 2.75) is 59.6 Å². The Morgan fingerprint density at radius 1 is 1.17 bits per heavy atom. The second kappa shape index (κ2) is 7.88. The summed E-state index contributed by atoms with van der Waals surface area (Å²) < 4.78 is 6.25. The minimum Gasteiger partial charge on any atom is -0.489 e. The Morgan fingerprint density at radius 2 is 1.83 bits per heavy atom. The number of amides is 1. The molecule has 0 unspecified atom stereocenters. The minimum atomic E-state index is -0.329. The molecule has 158 valence electrons. The third-order valence-electron chi connectivity index (χ3n) is 5.94. The fourth-order valence-corrected chi connectivity index (χ4v) is 4.79. The van der Waals surface area contributed by atoms with E-state index in [0.29, 0.717) is 22.0 Å². The highest BCUT2D eigenvalue weighted by molar-refractivity contribution is 6.31. The highest BCUT2D eigenvalue weighted by Crippen LogP contribution is 2.55. The first kappa shape index (κ1) is 22.0. The number of nitrogens with one attached hydrogen (secondary N) is 1. The molecule has 1 aliphatic carbocycles. The van der Waals surface area contributed by atoms with Crippen LogP contribution in [-0.4, -0.2) is 28.3 Å². The van der Waals surface area contributed by atoms with Crippen LogP contribution in [0.2, 0.25) is 5.02 Å². The molecule has 0 atom stereocenters. The van der Waals surface area contributed by atoms with Crippen LogP contribution in [0.4, 0.5) is 0 Å². The van der Waals surface area contributed by atoms with E-state index in [4.69, 9.17) is 21.6 Å². The van der Waals surface area contributed by atoms with E-state index in [1.165, 1.54) is 0 Å². The highest BCUT2D eigenvalue weighted by Gasteiger charge is 2.64. The van der Waals surface area contributed by atoms with E-state index >= 15 is 0 Å². The predicted octanol–water partition coefficient (Wildman–Crippen LogP) is 4.74. The van der Waals surface area contributed by atoms with Gasteiger partial charge in [0.15, 0.2) is 5.69 Å². The molecular weight excluding hydrogens is 400 g/mol. The zero-order chi connectivity index (χ0) is 22.3. The van der Waals surface area contributed by atoms with E-state index in [1.807, 2.05) is 26.0 Å². The first-order valence-electron chi connectivity index (χ1n) is 9.99. The van der Waals surface area contributed by atoms with Gasteiger partial charge in [-0.05, 0) is 30.2 Å². The topological polar surface area (TPSA) is 87.9 Å². The zero-order valence-corrected chi connectivity index (χ0v) is 18.9. The number of hydrogen-bond donors (Lipinski definition) is 1. The second-order valence-electron chi connectivity index (χ2n) is 9.30. The molecule has 2 aromatic rings. The van der Waals surface area contributed by atoms with Crippen molar-refractivity contribution in [2.75, 3.05) is 0 Å². The van der Waals surface area contributed by atoms with E-state index in [1.54, 1.807) is 24.3 Å². The number of aromatic nitrogens is 2. The third-order valence-corrected chi connectivity index (χ3v) is 6.25. The average Bonchev–Trinajstić information content (AvgIpc) is 2.69. The number of halogens is 1. The minimum absolute atomic E-state index is 0.122. The summed E-state index contributed by atoms with van der Waals surface area (Å²) in [5.41, 5.74) is 0.904. The Labute approximate surface area is 182 Å². The first-order chi connectivity index (χ1) is 14.0. The Bertz CT molecular complexity index is 977.